The molecule has 0 fully saturated rings. The molecule has 19 heavy (non-hydrogen) atoms. The molecule has 0 bridgehead atoms. The van der Waals surface area contributed by atoms with E-state index >= 15 is 0 Å². The van der Waals surface area contributed by atoms with Crippen LogP contribution in [0.2, 0.25) is 0 Å². The van der Waals surface area contributed by atoms with Gasteiger partial charge in [0.15, 0.2) is 0 Å². The van der Waals surface area contributed by atoms with Crippen LogP contribution >= 0.6 is 0 Å². The number of para-hydroxylation sites is 1. The van der Waals surface area contributed by atoms with E-state index < -0.39 is 0 Å². The molecule has 1 rings (SSSR count). The van der Waals surface area contributed by atoms with Gasteiger partial charge in [0.25, 0.3) is 0 Å². The first-order chi connectivity index (χ1) is 9.33. The highest BCUT2D eigenvalue weighted by molar-refractivity contribution is 5.36. The van der Waals surface area contributed by atoms with Gasteiger partial charge in [-0.05, 0) is 39.3 Å². The maximum absolute atomic E-state index is 5.73. The molecule has 0 heterocycles. The van der Waals surface area contributed by atoms with E-state index in [9.17, 15) is 0 Å². The Bertz CT molecular complexity index is 417. The fourth-order valence-electron chi connectivity index (χ4n) is 2.08. The van der Waals surface area contributed by atoms with Crippen molar-refractivity contribution in [3.05, 3.63) is 29.8 Å². The van der Waals surface area contributed by atoms with Gasteiger partial charge in [-0.1, -0.05) is 25.1 Å². The molecule has 0 aliphatic rings. The van der Waals surface area contributed by atoms with Crippen molar-refractivity contribution >= 4 is 0 Å². The van der Waals surface area contributed by atoms with Gasteiger partial charge in [-0.15, -0.1) is 11.8 Å². The number of benzene rings is 1. The van der Waals surface area contributed by atoms with Crippen molar-refractivity contribution in [1.29, 1.82) is 0 Å². The molecular formula is C17H25NO. The summed E-state index contributed by atoms with van der Waals surface area (Å²) >= 11 is 0. The maximum Gasteiger partial charge on any atom is 0.124 e. The van der Waals surface area contributed by atoms with Crippen LogP contribution in [0.5, 0.6) is 5.75 Å². The molecule has 1 unspecified atom stereocenters. The first-order valence-corrected chi connectivity index (χ1v) is 7.18. The van der Waals surface area contributed by atoms with Crippen LogP contribution in [0.1, 0.15) is 51.6 Å². The minimum atomic E-state index is 0.323. The lowest BCUT2D eigenvalue weighted by atomic mass is 10.0. The van der Waals surface area contributed by atoms with Crippen molar-refractivity contribution in [2.75, 3.05) is 13.2 Å². The second kappa shape index (κ2) is 9.47. The van der Waals surface area contributed by atoms with E-state index in [1.54, 1.807) is 0 Å². The summed E-state index contributed by atoms with van der Waals surface area (Å²) in [5, 5.41) is 3.60. The summed E-state index contributed by atoms with van der Waals surface area (Å²) in [4.78, 5) is 0. The molecule has 2 heteroatoms. The second-order valence-corrected chi connectivity index (χ2v) is 4.44. The Morgan fingerprint density at radius 3 is 2.74 bits per heavy atom. The average molecular weight is 259 g/mol. The Kier molecular flexibility index (Phi) is 7.77. The van der Waals surface area contributed by atoms with E-state index in [0.29, 0.717) is 12.6 Å². The van der Waals surface area contributed by atoms with Crippen LogP contribution in [0.15, 0.2) is 24.3 Å². The van der Waals surface area contributed by atoms with Crippen LogP contribution in [0.3, 0.4) is 0 Å². The van der Waals surface area contributed by atoms with Gasteiger partial charge in [-0.2, -0.15) is 0 Å². The fraction of sp³-hybridized carbons (Fsp3) is 0.529. The molecular weight excluding hydrogens is 234 g/mol. The number of ether oxygens (including phenoxy) is 1. The van der Waals surface area contributed by atoms with E-state index in [1.807, 2.05) is 26.0 Å². The maximum atomic E-state index is 5.73. The smallest absolute Gasteiger partial charge is 0.124 e. The average Bonchev–Trinajstić information content (AvgIpc) is 2.44. The van der Waals surface area contributed by atoms with Crippen LogP contribution in [0.4, 0.5) is 0 Å². The highest BCUT2D eigenvalue weighted by Crippen LogP contribution is 2.28. The number of rotatable bonds is 8. The van der Waals surface area contributed by atoms with Crippen molar-refractivity contribution < 1.29 is 4.74 Å². The standard InChI is InChI=1S/C17H25NO/c1-4-7-8-12-16(18-14-5-2)15-11-9-10-13-17(15)19-6-3/h9-11,13,16,18H,5-6,8,12,14H2,1-3H3. The third kappa shape index (κ3) is 5.36. The van der Waals surface area contributed by atoms with Gasteiger partial charge in [-0.3, -0.25) is 0 Å². The summed E-state index contributed by atoms with van der Waals surface area (Å²) in [6.45, 7) is 7.82. The zero-order chi connectivity index (χ0) is 13.9. The largest absolute Gasteiger partial charge is 0.494 e. The molecule has 2 nitrogen and oxygen atoms in total. The predicted octanol–water partition coefficient (Wildman–Crippen LogP) is 3.93. The first-order valence-electron chi connectivity index (χ1n) is 7.18. The number of nitrogens with one attached hydrogen (secondary N) is 1. The van der Waals surface area contributed by atoms with Crippen molar-refractivity contribution in [3.8, 4) is 17.6 Å². The van der Waals surface area contributed by atoms with Gasteiger partial charge in [0, 0.05) is 18.0 Å². The van der Waals surface area contributed by atoms with Gasteiger partial charge in [-0.25, -0.2) is 0 Å². The SMILES string of the molecule is CC#CCCC(NCCC)c1ccccc1OCC. The Morgan fingerprint density at radius 1 is 1.26 bits per heavy atom. The predicted molar refractivity (Wildman–Crippen MR) is 81.3 cm³/mol. The summed E-state index contributed by atoms with van der Waals surface area (Å²) in [6, 6.07) is 8.62. The van der Waals surface area contributed by atoms with Gasteiger partial charge < -0.3 is 10.1 Å². The van der Waals surface area contributed by atoms with Crippen LogP contribution in [-0.2, 0) is 0 Å². The minimum Gasteiger partial charge on any atom is -0.494 e. The summed E-state index contributed by atoms with van der Waals surface area (Å²) in [7, 11) is 0. The van der Waals surface area contributed by atoms with E-state index in [1.165, 1.54) is 5.56 Å². The van der Waals surface area contributed by atoms with E-state index in [4.69, 9.17) is 4.74 Å². The third-order valence-electron chi connectivity index (χ3n) is 2.97. The molecule has 1 aromatic carbocycles. The monoisotopic (exact) mass is 259 g/mol. The van der Waals surface area contributed by atoms with Crippen molar-refractivity contribution in [1.82, 2.24) is 5.32 Å². The van der Waals surface area contributed by atoms with Gasteiger partial charge in [0.1, 0.15) is 5.75 Å². The molecule has 0 aromatic heterocycles. The fourth-order valence-corrected chi connectivity index (χ4v) is 2.08. The molecule has 0 spiro atoms. The summed E-state index contributed by atoms with van der Waals surface area (Å²) < 4.78 is 5.73. The van der Waals surface area contributed by atoms with Crippen LogP contribution in [0, 0.1) is 11.8 Å². The van der Waals surface area contributed by atoms with E-state index in [2.05, 4.69) is 36.2 Å². The molecule has 0 amide bonds. The molecule has 0 aliphatic carbocycles. The second-order valence-electron chi connectivity index (χ2n) is 4.44. The van der Waals surface area contributed by atoms with Crippen LogP contribution in [-0.4, -0.2) is 13.2 Å². The van der Waals surface area contributed by atoms with E-state index in [-0.39, 0.29) is 0 Å². The van der Waals surface area contributed by atoms with Gasteiger partial charge in [0.2, 0.25) is 0 Å². The Morgan fingerprint density at radius 2 is 2.05 bits per heavy atom. The molecule has 0 aliphatic heterocycles. The van der Waals surface area contributed by atoms with Crippen LogP contribution in [0.25, 0.3) is 0 Å². The summed E-state index contributed by atoms with van der Waals surface area (Å²) in [5.41, 5.74) is 1.25. The topological polar surface area (TPSA) is 21.3 Å². The van der Waals surface area contributed by atoms with Crippen molar-refractivity contribution in [2.45, 2.75) is 46.1 Å². The van der Waals surface area contributed by atoms with E-state index in [0.717, 1.165) is 31.6 Å². The molecule has 0 saturated heterocycles. The van der Waals surface area contributed by atoms with Crippen molar-refractivity contribution in [2.24, 2.45) is 0 Å². The highest BCUT2D eigenvalue weighted by Gasteiger charge is 2.14. The van der Waals surface area contributed by atoms with Gasteiger partial charge in [0.05, 0.1) is 6.61 Å². The van der Waals surface area contributed by atoms with Crippen LogP contribution < -0.4 is 10.1 Å². The molecule has 0 saturated carbocycles. The highest BCUT2D eigenvalue weighted by atomic mass is 16.5. The third-order valence-corrected chi connectivity index (χ3v) is 2.97. The molecule has 1 N–H and O–H groups in total. The minimum absolute atomic E-state index is 0.323. The van der Waals surface area contributed by atoms with Gasteiger partial charge >= 0.3 is 0 Å². The Labute approximate surface area is 117 Å². The number of hydrogen-bond acceptors (Lipinski definition) is 2. The van der Waals surface area contributed by atoms with Crippen molar-refractivity contribution in [3.63, 3.8) is 0 Å². The number of hydrogen-bond donors (Lipinski definition) is 1. The molecule has 1 atom stereocenters. The Balaban J connectivity index is 2.83. The lowest BCUT2D eigenvalue weighted by Gasteiger charge is -2.21. The normalized spacial score (nSPS) is 11.5. The first kappa shape index (κ1) is 15.6. The molecule has 1 aromatic rings. The summed E-state index contributed by atoms with van der Waals surface area (Å²) in [6.07, 6.45) is 3.07. The Hall–Kier alpha value is -1.46. The lowest BCUT2D eigenvalue weighted by molar-refractivity contribution is 0.330. The molecule has 104 valence electrons. The summed E-state index contributed by atoms with van der Waals surface area (Å²) in [5.74, 6) is 7.10. The zero-order valence-corrected chi connectivity index (χ0v) is 12.3. The molecule has 0 radical (unpaired) electrons. The lowest BCUT2D eigenvalue weighted by Crippen LogP contribution is -2.22. The zero-order valence-electron chi connectivity index (χ0n) is 12.3. The quantitative estimate of drug-likeness (QED) is 0.714.